The zero-order chi connectivity index (χ0) is 14.0. The van der Waals surface area contributed by atoms with E-state index in [9.17, 15) is 4.39 Å². The molecule has 3 N–H and O–H groups in total. The van der Waals surface area contributed by atoms with Crippen LogP contribution in [0.15, 0.2) is 40.9 Å². The molecule has 2 aromatic carbocycles. The maximum atomic E-state index is 13.2. The highest BCUT2D eigenvalue weighted by Gasteiger charge is 2.06. The van der Waals surface area contributed by atoms with Crippen LogP contribution in [-0.2, 0) is 0 Å². The van der Waals surface area contributed by atoms with Crippen molar-refractivity contribution < 1.29 is 4.39 Å². The highest BCUT2D eigenvalue weighted by atomic mass is 79.9. The standard InChI is InChI=1S/C13H9BrClFN2S/c14-10-4-1-7(16)5-12(10)18-8-2-3-9(13(17)19)11(15)6-8/h1-6,18H,(H2,17,19). The summed E-state index contributed by atoms with van der Waals surface area (Å²) in [6, 6.07) is 9.58. The molecule has 0 atom stereocenters. The van der Waals surface area contributed by atoms with Gasteiger partial charge in [0, 0.05) is 15.7 Å². The van der Waals surface area contributed by atoms with Gasteiger partial charge < -0.3 is 11.1 Å². The van der Waals surface area contributed by atoms with E-state index in [0.29, 0.717) is 16.3 Å². The van der Waals surface area contributed by atoms with Crippen LogP contribution in [0.2, 0.25) is 5.02 Å². The Labute approximate surface area is 128 Å². The van der Waals surface area contributed by atoms with Crippen molar-refractivity contribution in [1.29, 1.82) is 0 Å². The van der Waals surface area contributed by atoms with E-state index in [0.717, 1.165) is 10.2 Å². The zero-order valence-electron chi connectivity index (χ0n) is 9.58. The smallest absolute Gasteiger partial charge is 0.125 e. The molecule has 2 nitrogen and oxygen atoms in total. The first-order valence-electron chi connectivity index (χ1n) is 5.29. The van der Waals surface area contributed by atoms with Crippen molar-refractivity contribution in [3.05, 3.63) is 57.3 Å². The fourth-order valence-electron chi connectivity index (χ4n) is 1.54. The lowest BCUT2D eigenvalue weighted by Crippen LogP contribution is -2.09. The second-order valence-corrected chi connectivity index (χ2v) is 5.51. The molecule has 0 amide bonds. The van der Waals surface area contributed by atoms with E-state index in [1.54, 1.807) is 24.3 Å². The predicted octanol–water partition coefficient (Wildman–Crippen LogP) is 4.62. The SMILES string of the molecule is NC(=S)c1ccc(Nc2cc(F)ccc2Br)cc1Cl. The highest BCUT2D eigenvalue weighted by Crippen LogP contribution is 2.28. The molecule has 0 radical (unpaired) electrons. The summed E-state index contributed by atoms with van der Waals surface area (Å²) in [4.78, 5) is 0.239. The van der Waals surface area contributed by atoms with Gasteiger partial charge in [0.05, 0.1) is 10.7 Å². The number of halogens is 3. The Kier molecular flexibility index (Phi) is 4.39. The summed E-state index contributed by atoms with van der Waals surface area (Å²) in [7, 11) is 0. The number of anilines is 2. The molecule has 0 spiro atoms. The molecule has 0 unspecified atom stereocenters. The normalized spacial score (nSPS) is 10.3. The van der Waals surface area contributed by atoms with E-state index in [-0.39, 0.29) is 10.8 Å². The predicted molar refractivity (Wildman–Crippen MR) is 84.7 cm³/mol. The fraction of sp³-hybridized carbons (Fsp3) is 0. The molecule has 0 aliphatic heterocycles. The lowest BCUT2D eigenvalue weighted by Gasteiger charge is -2.10. The molecule has 2 rings (SSSR count). The summed E-state index contributed by atoms with van der Waals surface area (Å²) in [5.41, 5.74) is 7.47. The number of thiocarbonyl (C=S) groups is 1. The third-order valence-electron chi connectivity index (χ3n) is 2.44. The monoisotopic (exact) mass is 358 g/mol. The van der Waals surface area contributed by atoms with Gasteiger partial charge >= 0.3 is 0 Å². The topological polar surface area (TPSA) is 38.0 Å². The molecular weight excluding hydrogens is 351 g/mol. The van der Waals surface area contributed by atoms with Gasteiger partial charge in [-0.1, -0.05) is 23.8 Å². The van der Waals surface area contributed by atoms with Crippen LogP contribution in [0.5, 0.6) is 0 Å². The molecular formula is C13H9BrClFN2S. The minimum atomic E-state index is -0.323. The quantitative estimate of drug-likeness (QED) is 0.785. The Bertz CT molecular complexity index is 649. The van der Waals surface area contributed by atoms with Gasteiger partial charge in [-0.2, -0.15) is 0 Å². The lowest BCUT2D eigenvalue weighted by atomic mass is 10.2. The summed E-state index contributed by atoms with van der Waals surface area (Å²) >= 11 is 14.3. The van der Waals surface area contributed by atoms with Gasteiger partial charge in [0.25, 0.3) is 0 Å². The van der Waals surface area contributed by atoms with E-state index in [1.807, 2.05) is 0 Å². The van der Waals surface area contributed by atoms with Crippen LogP contribution in [-0.4, -0.2) is 4.99 Å². The third kappa shape index (κ3) is 3.43. The van der Waals surface area contributed by atoms with Crippen LogP contribution in [0.25, 0.3) is 0 Å². The van der Waals surface area contributed by atoms with Crippen molar-refractivity contribution in [3.8, 4) is 0 Å². The Morgan fingerprint density at radius 2 is 2.00 bits per heavy atom. The van der Waals surface area contributed by atoms with Gasteiger partial charge in [0.2, 0.25) is 0 Å². The highest BCUT2D eigenvalue weighted by molar-refractivity contribution is 9.10. The van der Waals surface area contributed by atoms with Crippen molar-refractivity contribution in [2.24, 2.45) is 5.73 Å². The molecule has 0 saturated heterocycles. The minimum Gasteiger partial charge on any atom is -0.389 e. The van der Waals surface area contributed by atoms with Gasteiger partial charge in [-0.15, -0.1) is 0 Å². The third-order valence-corrected chi connectivity index (χ3v) is 3.67. The van der Waals surface area contributed by atoms with Crippen molar-refractivity contribution in [2.75, 3.05) is 5.32 Å². The number of rotatable bonds is 3. The molecule has 0 fully saturated rings. The van der Waals surface area contributed by atoms with E-state index < -0.39 is 0 Å². The molecule has 0 aliphatic carbocycles. The number of hydrogen-bond acceptors (Lipinski definition) is 2. The Hall–Kier alpha value is -1.17. The van der Waals surface area contributed by atoms with Crippen LogP contribution in [0, 0.1) is 5.82 Å². The maximum Gasteiger partial charge on any atom is 0.125 e. The molecule has 98 valence electrons. The zero-order valence-corrected chi connectivity index (χ0v) is 12.7. The van der Waals surface area contributed by atoms with Crippen molar-refractivity contribution in [2.45, 2.75) is 0 Å². The number of nitrogens with one attached hydrogen (secondary N) is 1. The Morgan fingerprint density at radius 1 is 1.26 bits per heavy atom. The van der Waals surface area contributed by atoms with Crippen LogP contribution in [0.1, 0.15) is 5.56 Å². The average molecular weight is 360 g/mol. The minimum absolute atomic E-state index is 0.239. The molecule has 0 bridgehead atoms. The van der Waals surface area contributed by atoms with E-state index in [2.05, 4.69) is 21.2 Å². The van der Waals surface area contributed by atoms with Gasteiger partial charge in [-0.3, -0.25) is 0 Å². The Morgan fingerprint density at radius 3 is 2.63 bits per heavy atom. The molecule has 6 heteroatoms. The molecule has 0 aliphatic rings. The molecule has 0 aromatic heterocycles. The second kappa shape index (κ2) is 5.86. The van der Waals surface area contributed by atoms with Gasteiger partial charge in [0.1, 0.15) is 10.8 Å². The Balaban J connectivity index is 2.31. The lowest BCUT2D eigenvalue weighted by molar-refractivity contribution is 0.628. The summed E-state index contributed by atoms with van der Waals surface area (Å²) in [5.74, 6) is -0.323. The molecule has 19 heavy (non-hydrogen) atoms. The van der Waals surface area contributed by atoms with E-state index >= 15 is 0 Å². The summed E-state index contributed by atoms with van der Waals surface area (Å²) < 4.78 is 13.9. The first kappa shape index (κ1) is 14.2. The van der Waals surface area contributed by atoms with Crippen molar-refractivity contribution >= 4 is 56.1 Å². The summed E-state index contributed by atoms with van der Waals surface area (Å²) in [6.07, 6.45) is 0. The molecule has 0 heterocycles. The van der Waals surface area contributed by atoms with E-state index in [1.165, 1.54) is 12.1 Å². The maximum absolute atomic E-state index is 13.2. The first-order chi connectivity index (χ1) is 8.97. The molecule has 0 saturated carbocycles. The van der Waals surface area contributed by atoms with E-state index in [4.69, 9.17) is 29.6 Å². The van der Waals surface area contributed by atoms with Gasteiger partial charge in [0.15, 0.2) is 0 Å². The van der Waals surface area contributed by atoms with Gasteiger partial charge in [-0.05, 0) is 52.3 Å². The van der Waals surface area contributed by atoms with Gasteiger partial charge in [-0.25, -0.2) is 4.39 Å². The number of hydrogen-bond donors (Lipinski definition) is 2. The summed E-state index contributed by atoms with van der Waals surface area (Å²) in [5, 5.41) is 3.51. The number of benzene rings is 2. The summed E-state index contributed by atoms with van der Waals surface area (Å²) in [6.45, 7) is 0. The van der Waals surface area contributed by atoms with Crippen molar-refractivity contribution in [1.82, 2.24) is 0 Å². The molecule has 2 aromatic rings. The van der Waals surface area contributed by atoms with Crippen LogP contribution >= 0.6 is 39.7 Å². The largest absolute Gasteiger partial charge is 0.389 e. The van der Waals surface area contributed by atoms with Crippen molar-refractivity contribution in [3.63, 3.8) is 0 Å². The van der Waals surface area contributed by atoms with Crippen LogP contribution in [0.3, 0.4) is 0 Å². The average Bonchev–Trinajstić information content (AvgIpc) is 2.33. The van der Waals surface area contributed by atoms with Crippen LogP contribution in [0.4, 0.5) is 15.8 Å². The fourth-order valence-corrected chi connectivity index (χ4v) is 2.40. The van der Waals surface area contributed by atoms with Crippen LogP contribution < -0.4 is 11.1 Å². The number of nitrogens with two attached hydrogens (primary N) is 1. The second-order valence-electron chi connectivity index (χ2n) is 3.81. The first-order valence-corrected chi connectivity index (χ1v) is 6.87.